The number of amides is 1. The van der Waals surface area contributed by atoms with E-state index in [2.05, 4.69) is 33.5 Å². The number of likely N-dealkylation sites (tertiary alicyclic amines) is 1. The van der Waals surface area contributed by atoms with Gasteiger partial charge in [-0.15, -0.1) is 0 Å². The molecule has 2 aromatic carbocycles. The highest BCUT2D eigenvalue weighted by atomic mass is 16.2. The molecule has 6 heteroatoms. The van der Waals surface area contributed by atoms with Crippen molar-refractivity contribution in [3.63, 3.8) is 0 Å². The lowest BCUT2D eigenvalue weighted by molar-refractivity contribution is -0.121. The van der Waals surface area contributed by atoms with Gasteiger partial charge >= 0.3 is 0 Å². The smallest absolute Gasteiger partial charge is 0.237 e. The molecule has 2 aliphatic rings. The van der Waals surface area contributed by atoms with Crippen LogP contribution in [-0.4, -0.2) is 33.7 Å². The second-order valence-electron chi connectivity index (χ2n) is 7.82. The average molecular weight is 383 g/mol. The Morgan fingerprint density at radius 2 is 2.00 bits per heavy atom. The molecule has 2 aliphatic heterocycles. The maximum atomic E-state index is 13.0. The van der Waals surface area contributed by atoms with Gasteiger partial charge in [-0.2, -0.15) is 10.4 Å². The van der Waals surface area contributed by atoms with Crippen molar-refractivity contribution in [3.05, 3.63) is 71.9 Å². The van der Waals surface area contributed by atoms with Crippen molar-refractivity contribution in [2.45, 2.75) is 12.0 Å². The summed E-state index contributed by atoms with van der Waals surface area (Å²) in [4.78, 5) is 15.2. The largest absolute Gasteiger partial charge is 0.325 e. The average Bonchev–Trinajstić information content (AvgIpc) is 3.40. The van der Waals surface area contributed by atoms with Gasteiger partial charge in [-0.05, 0) is 23.3 Å². The van der Waals surface area contributed by atoms with E-state index in [1.54, 1.807) is 6.20 Å². The highest BCUT2D eigenvalue weighted by Gasteiger charge is 2.57. The predicted octanol–water partition coefficient (Wildman–Crippen LogP) is 2.93. The van der Waals surface area contributed by atoms with Crippen LogP contribution in [0.2, 0.25) is 0 Å². The van der Waals surface area contributed by atoms with Gasteiger partial charge in [-0.25, -0.2) is 0 Å². The molecular weight excluding hydrogens is 362 g/mol. The van der Waals surface area contributed by atoms with Crippen LogP contribution in [-0.2, 0) is 23.8 Å². The third-order valence-corrected chi connectivity index (χ3v) is 6.23. The molecule has 0 bridgehead atoms. The summed E-state index contributed by atoms with van der Waals surface area (Å²) >= 11 is 0. The predicted molar refractivity (Wildman–Crippen MR) is 110 cm³/mol. The van der Waals surface area contributed by atoms with Crippen molar-refractivity contribution in [1.29, 1.82) is 5.26 Å². The van der Waals surface area contributed by atoms with Gasteiger partial charge in [0.1, 0.15) is 5.41 Å². The Morgan fingerprint density at radius 1 is 1.21 bits per heavy atom. The number of hydrogen-bond acceptors (Lipinski definition) is 4. The van der Waals surface area contributed by atoms with E-state index in [9.17, 15) is 10.1 Å². The van der Waals surface area contributed by atoms with Crippen LogP contribution in [0.4, 0.5) is 5.69 Å². The van der Waals surface area contributed by atoms with E-state index in [4.69, 9.17) is 0 Å². The number of aryl methyl sites for hydroxylation is 1. The van der Waals surface area contributed by atoms with Crippen molar-refractivity contribution >= 4 is 11.6 Å². The number of para-hydroxylation sites is 1. The minimum atomic E-state index is -0.799. The maximum Gasteiger partial charge on any atom is 0.237 e. The molecule has 1 N–H and O–H groups in total. The Bertz CT molecular complexity index is 1140. The SMILES string of the molecule is Cn1nccc1-c1ccccc1CN1CC(C#N)C2(C1)C(=O)Nc1ccccc12. The van der Waals surface area contributed by atoms with E-state index in [0.29, 0.717) is 19.6 Å². The van der Waals surface area contributed by atoms with Crippen molar-refractivity contribution in [1.82, 2.24) is 14.7 Å². The van der Waals surface area contributed by atoms with Crippen LogP contribution in [0.3, 0.4) is 0 Å². The van der Waals surface area contributed by atoms with E-state index >= 15 is 0 Å². The Morgan fingerprint density at radius 3 is 2.79 bits per heavy atom. The van der Waals surface area contributed by atoms with Crippen LogP contribution in [0.5, 0.6) is 0 Å². The fraction of sp³-hybridized carbons (Fsp3) is 0.261. The summed E-state index contributed by atoms with van der Waals surface area (Å²) in [7, 11) is 1.93. The van der Waals surface area contributed by atoms with Gasteiger partial charge in [0, 0.05) is 44.1 Å². The summed E-state index contributed by atoms with van der Waals surface area (Å²) in [6.07, 6.45) is 1.79. The van der Waals surface area contributed by atoms with Crippen LogP contribution < -0.4 is 5.32 Å². The normalized spacial score (nSPS) is 23.2. The molecule has 1 saturated heterocycles. The number of hydrogen-bond donors (Lipinski definition) is 1. The minimum absolute atomic E-state index is 0.0623. The third kappa shape index (κ3) is 2.59. The molecule has 0 radical (unpaired) electrons. The lowest BCUT2D eigenvalue weighted by Gasteiger charge is -2.25. The van der Waals surface area contributed by atoms with Crippen molar-refractivity contribution in [2.24, 2.45) is 13.0 Å². The molecule has 5 rings (SSSR count). The summed E-state index contributed by atoms with van der Waals surface area (Å²) in [6.45, 7) is 1.78. The van der Waals surface area contributed by atoms with E-state index in [1.807, 2.05) is 54.2 Å². The number of benzene rings is 2. The monoisotopic (exact) mass is 383 g/mol. The topological polar surface area (TPSA) is 74.0 Å². The Hall–Kier alpha value is -3.43. The quantitative estimate of drug-likeness (QED) is 0.755. The van der Waals surface area contributed by atoms with Crippen molar-refractivity contribution in [2.75, 3.05) is 18.4 Å². The molecule has 1 spiro atoms. The fourth-order valence-corrected chi connectivity index (χ4v) is 4.84. The lowest BCUT2D eigenvalue weighted by atomic mass is 9.74. The molecular formula is C23H21N5O. The van der Waals surface area contributed by atoms with Crippen LogP contribution in [0, 0.1) is 17.2 Å². The Balaban J connectivity index is 1.50. The highest BCUT2D eigenvalue weighted by molar-refractivity contribution is 6.07. The zero-order valence-corrected chi connectivity index (χ0v) is 16.2. The summed E-state index contributed by atoms with van der Waals surface area (Å²) in [5, 5.41) is 17.2. The van der Waals surface area contributed by atoms with Gasteiger partial charge in [-0.3, -0.25) is 14.4 Å². The van der Waals surface area contributed by atoms with E-state index in [0.717, 1.165) is 28.1 Å². The minimum Gasteiger partial charge on any atom is -0.325 e. The Labute approximate surface area is 169 Å². The highest BCUT2D eigenvalue weighted by Crippen LogP contribution is 2.47. The number of anilines is 1. The molecule has 29 heavy (non-hydrogen) atoms. The number of carbonyl (C=O) groups excluding carboxylic acids is 1. The first-order valence-electron chi connectivity index (χ1n) is 9.72. The lowest BCUT2D eigenvalue weighted by Crippen LogP contribution is -2.41. The van der Waals surface area contributed by atoms with Crippen molar-refractivity contribution < 1.29 is 4.79 Å². The van der Waals surface area contributed by atoms with Gasteiger partial charge in [0.05, 0.1) is 17.7 Å². The van der Waals surface area contributed by atoms with Crippen LogP contribution in [0.25, 0.3) is 11.3 Å². The molecule has 1 amide bonds. The number of nitrogens with one attached hydrogen (secondary N) is 1. The number of rotatable bonds is 3. The molecule has 3 heterocycles. The van der Waals surface area contributed by atoms with Crippen LogP contribution >= 0.6 is 0 Å². The second kappa shape index (κ2) is 6.57. The van der Waals surface area contributed by atoms with Crippen molar-refractivity contribution in [3.8, 4) is 17.3 Å². The van der Waals surface area contributed by atoms with Crippen LogP contribution in [0.1, 0.15) is 11.1 Å². The Kier molecular flexibility index (Phi) is 4.00. The summed E-state index contributed by atoms with van der Waals surface area (Å²) in [5.41, 5.74) is 4.31. The molecule has 1 fully saturated rings. The van der Waals surface area contributed by atoms with Gasteiger partial charge in [0.2, 0.25) is 5.91 Å². The van der Waals surface area contributed by atoms with E-state index in [-0.39, 0.29) is 11.8 Å². The summed E-state index contributed by atoms with van der Waals surface area (Å²) < 4.78 is 1.86. The first-order chi connectivity index (χ1) is 14.1. The third-order valence-electron chi connectivity index (χ3n) is 6.23. The number of aromatic nitrogens is 2. The first-order valence-corrected chi connectivity index (χ1v) is 9.72. The molecule has 1 aromatic heterocycles. The summed E-state index contributed by atoms with van der Waals surface area (Å²) in [6, 6.07) is 20.4. The molecule has 6 nitrogen and oxygen atoms in total. The number of nitrogens with zero attached hydrogens (tertiary/aromatic N) is 4. The molecule has 2 atom stereocenters. The molecule has 144 valence electrons. The molecule has 0 saturated carbocycles. The fourth-order valence-electron chi connectivity index (χ4n) is 4.84. The zero-order chi connectivity index (χ0) is 20.0. The first kappa shape index (κ1) is 17.7. The van der Waals surface area contributed by atoms with Gasteiger partial charge < -0.3 is 5.32 Å². The van der Waals surface area contributed by atoms with Gasteiger partial charge in [0.25, 0.3) is 0 Å². The molecule has 2 unspecified atom stereocenters. The molecule has 3 aromatic rings. The summed E-state index contributed by atoms with van der Waals surface area (Å²) in [5.74, 6) is -0.442. The number of nitriles is 1. The van der Waals surface area contributed by atoms with E-state index < -0.39 is 5.41 Å². The number of carbonyl (C=O) groups is 1. The standard InChI is InChI=1S/C23H21N5O/c1-27-21(10-11-25-27)18-7-3-2-6-16(18)13-28-14-17(12-24)23(15-28)19-8-4-5-9-20(19)26-22(23)29/h2-11,17H,13-15H2,1H3,(H,26,29). The maximum absolute atomic E-state index is 13.0. The van der Waals surface area contributed by atoms with Gasteiger partial charge in [0.15, 0.2) is 0 Å². The second-order valence-corrected chi connectivity index (χ2v) is 7.82. The van der Waals surface area contributed by atoms with Gasteiger partial charge in [-0.1, -0.05) is 42.5 Å². The van der Waals surface area contributed by atoms with E-state index in [1.165, 1.54) is 0 Å². The molecule has 0 aliphatic carbocycles. The number of fused-ring (bicyclic) bond motifs is 2. The van der Waals surface area contributed by atoms with Crippen LogP contribution in [0.15, 0.2) is 60.8 Å². The zero-order valence-electron chi connectivity index (χ0n) is 16.2.